The van der Waals surface area contributed by atoms with Crippen LogP contribution in [0.3, 0.4) is 0 Å². The minimum Gasteiger partial charge on any atom is -0.465 e. The van der Waals surface area contributed by atoms with Gasteiger partial charge in [0, 0.05) is 25.6 Å². The van der Waals surface area contributed by atoms with Crippen molar-refractivity contribution < 1.29 is 33.0 Å². The lowest BCUT2D eigenvalue weighted by molar-refractivity contribution is -0.138. The van der Waals surface area contributed by atoms with Gasteiger partial charge in [0.2, 0.25) is 0 Å². The molecule has 2 aliphatic heterocycles. The van der Waals surface area contributed by atoms with Crippen molar-refractivity contribution in [1.29, 1.82) is 0 Å². The highest BCUT2D eigenvalue weighted by molar-refractivity contribution is 5.99. The van der Waals surface area contributed by atoms with Gasteiger partial charge in [-0.15, -0.1) is 0 Å². The zero-order chi connectivity index (χ0) is 17.6. The van der Waals surface area contributed by atoms with Crippen LogP contribution in [0.15, 0.2) is 18.2 Å². The fraction of sp³-hybridized carbons (Fsp3) is 0.467. The number of aliphatic hydroxyl groups is 1. The first kappa shape index (κ1) is 16.6. The zero-order valence-electron chi connectivity index (χ0n) is 12.5. The third-order valence-electron chi connectivity index (χ3n) is 4.58. The molecule has 0 spiro atoms. The minimum atomic E-state index is -4.69. The molecule has 6 nitrogen and oxygen atoms in total. The van der Waals surface area contributed by atoms with Crippen LogP contribution in [-0.2, 0) is 6.18 Å². The Morgan fingerprint density at radius 1 is 1.29 bits per heavy atom. The molecular weight excluding hydrogens is 329 g/mol. The van der Waals surface area contributed by atoms with E-state index in [2.05, 4.69) is 0 Å². The number of nitrogens with zero attached hydrogens (tertiary/aromatic N) is 2. The second kappa shape index (κ2) is 5.66. The summed E-state index contributed by atoms with van der Waals surface area (Å²) in [5, 5.41) is 18.3. The molecule has 2 N–H and O–H groups in total. The number of aliphatic hydroxyl groups excluding tert-OH is 1. The number of halogens is 3. The first-order valence-corrected chi connectivity index (χ1v) is 7.35. The Morgan fingerprint density at radius 3 is 2.58 bits per heavy atom. The number of rotatable bonds is 2. The minimum absolute atomic E-state index is 0.0153. The quantitative estimate of drug-likeness (QED) is 0.854. The van der Waals surface area contributed by atoms with E-state index in [4.69, 9.17) is 10.2 Å². The van der Waals surface area contributed by atoms with Crippen molar-refractivity contribution in [3.05, 3.63) is 34.9 Å². The maximum Gasteiger partial charge on any atom is 0.417 e. The molecule has 1 fully saturated rings. The highest BCUT2D eigenvalue weighted by Gasteiger charge is 2.49. The van der Waals surface area contributed by atoms with Crippen LogP contribution in [0.25, 0.3) is 0 Å². The van der Waals surface area contributed by atoms with E-state index in [1.54, 1.807) is 0 Å². The molecule has 9 heteroatoms. The van der Waals surface area contributed by atoms with Gasteiger partial charge in [0.15, 0.2) is 0 Å². The third kappa shape index (κ3) is 2.48. The largest absolute Gasteiger partial charge is 0.465 e. The first-order chi connectivity index (χ1) is 11.3. The maximum atomic E-state index is 13.3. The van der Waals surface area contributed by atoms with Gasteiger partial charge in [-0.2, -0.15) is 13.2 Å². The molecule has 24 heavy (non-hydrogen) atoms. The fourth-order valence-electron chi connectivity index (χ4n) is 3.59. The molecule has 3 rings (SSSR count). The molecule has 0 aromatic heterocycles. The second-order valence-electron chi connectivity index (χ2n) is 5.85. The lowest BCUT2D eigenvalue weighted by atomic mass is 9.82. The predicted molar refractivity (Wildman–Crippen MR) is 75.7 cm³/mol. The number of benzene rings is 1. The van der Waals surface area contributed by atoms with Gasteiger partial charge in [-0.25, -0.2) is 4.79 Å². The average Bonchev–Trinajstić information content (AvgIpc) is 2.95. The molecule has 2 aliphatic rings. The van der Waals surface area contributed by atoms with Crippen LogP contribution < -0.4 is 0 Å². The van der Waals surface area contributed by atoms with Crippen molar-refractivity contribution in [2.24, 2.45) is 0 Å². The maximum absolute atomic E-state index is 13.3. The van der Waals surface area contributed by atoms with Crippen molar-refractivity contribution in [2.45, 2.75) is 18.1 Å². The van der Waals surface area contributed by atoms with E-state index in [1.807, 2.05) is 0 Å². The second-order valence-corrected chi connectivity index (χ2v) is 5.85. The first-order valence-electron chi connectivity index (χ1n) is 7.35. The Kier molecular flexibility index (Phi) is 3.90. The molecule has 1 aromatic rings. The highest BCUT2D eigenvalue weighted by Crippen LogP contribution is 2.43. The third-order valence-corrected chi connectivity index (χ3v) is 4.58. The van der Waals surface area contributed by atoms with Crippen LogP contribution in [0.2, 0.25) is 0 Å². The van der Waals surface area contributed by atoms with Gasteiger partial charge in [-0.1, -0.05) is 12.1 Å². The van der Waals surface area contributed by atoms with Crippen LogP contribution in [0.1, 0.15) is 27.4 Å². The summed E-state index contributed by atoms with van der Waals surface area (Å²) in [7, 11) is 0. The van der Waals surface area contributed by atoms with Gasteiger partial charge in [-0.05, 0) is 11.6 Å². The number of hydrogen-bond donors (Lipinski definition) is 2. The number of β-amino-alcohol motifs (C(OH)–C–C–N with tert-alkyl or cyclic N) is 1. The van der Waals surface area contributed by atoms with Crippen LogP contribution in [0.5, 0.6) is 0 Å². The molecule has 130 valence electrons. The number of hydrogen-bond acceptors (Lipinski definition) is 3. The topological polar surface area (TPSA) is 81.1 Å². The number of carbonyl (C=O) groups excluding carboxylic acids is 1. The number of fused-ring (bicyclic) bond motifs is 3. The lowest BCUT2D eigenvalue weighted by Gasteiger charge is -2.38. The molecule has 0 bridgehead atoms. The Morgan fingerprint density at radius 2 is 2.00 bits per heavy atom. The lowest BCUT2D eigenvalue weighted by Crippen LogP contribution is -2.50. The standard InChI is InChI=1S/C15H15F3N2O4/c16-15(17,18)10-3-1-2-8-9-6-19(14(23)24)7-11(9)20(4-5-21)13(22)12(8)10/h1-3,9,11,21H,4-7H2,(H,23,24). The summed E-state index contributed by atoms with van der Waals surface area (Å²) in [4.78, 5) is 26.1. The van der Waals surface area contributed by atoms with Gasteiger partial charge < -0.3 is 20.0 Å². The number of amides is 2. The van der Waals surface area contributed by atoms with Gasteiger partial charge in [0.1, 0.15) is 0 Å². The SMILES string of the molecule is O=C(O)N1CC2c3cccc(C(F)(F)F)c3C(=O)N(CCO)C2C1. The molecule has 1 aromatic carbocycles. The molecule has 2 amide bonds. The molecule has 0 saturated carbocycles. The number of carbonyl (C=O) groups is 2. The smallest absolute Gasteiger partial charge is 0.417 e. The average molecular weight is 344 g/mol. The van der Waals surface area contributed by atoms with Gasteiger partial charge in [0.25, 0.3) is 5.91 Å². The van der Waals surface area contributed by atoms with E-state index >= 15 is 0 Å². The van der Waals surface area contributed by atoms with E-state index in [0.717, 1.165) is 15.9 Å². The van der Waals surface area contributed by atoms with Gasteiger partial charge in [-0.3, -0.25) is 4.79 Å². The van der Waals surface area contributed by atoms with E-state index in [1.165, 1.54) is 12.1 Å². The number of likely N-dealkylation sites (tertiary alicyclic amines) is 1. The van der Waals surface area contributed by atoms with E-state index in [-0.39, 0.29) is 25.2 Å². The highest BCUT2D eigenvalue weighted by atomic mass is 19.4. The Hall–Kier alpha value is -2.29. The van der Waals surface area contributed by atoms with Gasteiger partial charge >= 0.3 is 12.3 Å². The summed E-state index contributed by atoms with van der Waals surface area (Å²) in [6.45, 7) is -0.518. The van der Waals surface area contributed by atoms with Crippen LogP contribution in [0, 0.1) is 0 Å². The normalized spacial score (nSPS) is 23.2. The Bertz CT molecular complexity index is 692. The predicted octanol–water partition coefficient (Wildman–Crippen LogP) is 1.60. The van der Waals surface area contributed by atoms with Crippen LogP contribution in [0.4, 0.5) is 18.0 Å². The molecule has 2 heterocycles. The van der Waals surface area contributed by atoms with E-state index in [0.29, 0.717) is 0 Å². The van der Waals surface area contributed by atoms with Crippen molar-refractivity contribution >= 4 is 12.0 Å². The van der Waals surface area contributed by atoms with Crippen LogP contribution in [-0.4, -0.2) is 64.3 Å². The number of alkyl halides is 3. The van der Waals surface area contributed by atoms with Crippen molar-refractivity contribution in [3.63, 3.8) is 0 Å². The molecule has 0 radical (unpaired) electrons. The van der Waals surface area contributed by atoms with Crippen molar-refractivity contribution in [3.8, 4) is 0 Å². The zero-order valence-corrected chi connectivity index (χ0v) is 12.5. The Labute approximate surface area is 135 Å². The monoisotopic (exact) mass is 344 g/mol. The summed E-state index contributed by atoms with van der Waals surface area (Å²) in [5.74, 6) is -1.36. The van der Waals surface area contributed by atoms with E-state index < -0.39 is 47.9 Å². The van der Waals surface area contributed by atoms with Gasteiger partial charge in [0.05, 0.1) is 23.8 Å². The number of carboxylic acid groups (broad SMARTS) is 1. The summed E-state index contributed by atoms with van der Waals surface area (Å²) in [6.07, 6.45) is -5.88. The molecule has 0 aliphatic carbocycles. The molecule has 2 unspecified atom stereocenters. The van der Waals surface area contributed by atoms with Crippen LogP contribution >= 0.6 is 0 Å². The molecule has 1 saturated heterocycles. The molecule has 2 atom stereocenters. The Balaban J connectivity index is 2.14. The fourth-order valence-corrected chi connectivity index (χ4v) is 3.59. The van der Waals surface area contributed by atoms with E-state index in [9.17, 15) is 22.8 Å². The van der Waals surface area contributed by atoms with Crippen molar-refractivity contribution in [2.75, 3.05) is 26.2 Å². The summed E-state index contributed by atoms with van der Waals surface area (Å²) >= 11 is 0. The van der Waals surface area contributed by atoms with Crippen molar-refractivity contribution in [1.82, 2.24) is 9.80 Å². The molecular formula is C15H15F3N2O4. The summed E-state index contributed by atoms with van der Waals surface area (Å²) in [5.41, 5.74) is -1.25. The summed E-state index contributed by atoms with van der Waals surface area (Å²) < 4.78 is 39.9. The summed E-state index contributed by atoms with van der Waals surface area (Å²) in [6, 6.07) is 2.95.